The molecule has 1 saturated heterocycles. The van der Waals surface area contributed by atoms with Crippen LogP contribution in [0, 0.1) is 39.9 Å². The van der Waals surface area contributed by atoms with E-state index < -0.39 is 0 Å². The van der Waals surface area contributed by atoms with Crippen molar-refractivity contribution >= 4 is 5.97 Å². The topological polar surface area (TPSA) is 46.5 Å². The molecule has 130 valence electrons. The molecule has 4 aliphatic rings. The van der Waals surface area contributed by atoms with Crippen molar-refractivity contribution in [2.75, 3.05) is 13.2 Å². The number of carbonyl (C=O) groups is 1. The van der Waals surface area contributed by atoms with Crippen molar-refractivity contribution in [3.8, 4) is 0 Å². The van der Waals surface area contributed by atoms with Gasteiger partial charge in [-0.25, -0.2) is 0 Å². The zero-order valence-corrected chi connectivity index (χ0v) is 14.9. The second kappa shape index (κ2) is 4.97. The number of aliphatic hydroxyl groups excluding tert-OH is 1. The van der Waals surface area contributed by atoms with Crippen molar-refractivity contribution in [3.05, 3.63) is 0 Å². The van der Waals surface area contributed by atoms with Crippen LogP contribution in [0.5, 0.6) is 0 Å². The van der Waals surface area contributed by atoms with E-state index in [1.54, 1.807) is 0 Å². The molecule has 4 rings (SSSR count). The van der Waals surface area contributed by atoms with E-state index in [-0.39, 0.29) is 29.8 Å². The van der Waals surface area contributed by atoms with Gasteiger partial charge in [-0.1, -0.05) is 27.2 Å². The van der Waals surface area contributed by atoms with Gasteiger partial charge in [-0.3, -0.25) is 4.79 Å². The second-order valence-corrected chi connectivity index (χ2v) is 9.81. The number of esters is 1. The van der Waals surface area contributed by atoms with Gasteiger partial charge in [-0.15, -0.1) is 0 Å². The van der Waals surface area contributed by atoms with Crippen molar-refractivity contribution < 1.29 is 14.6 Å². The minimum absolute atomic E-state index is 0.0459. The zero-order valence-electron chi connectivity index (χ0n) is 14.9. The summed E-state index contributed by atoms with van der Waals surface area (Å²) < 4.78 is 5.66. The predicted molar refractivity (Wildman–Crippen MR) is 88.6 cm³/mol. The molecule has 0 radical (unpaired) electrons. The minimum atomic E-state index is -0.0539. The zero-order chi connectivity index (χ0) is 16.5. The van der Waals surface area contributed by atoms with Gasteiger partial charge in [0.25, 0.3) is 0 Å². The molecule has 0 aromatic rings. The van der Waals surface area contributed by atoms with Crippen LogP contribution in [0.2, 0.25) is 0 Å². The number of rotatable bonds is 1. The first kappa shape index (κ1) is 15.9. The molecule has 0 aromatic heterocycles. The first-order chi connectivity index (χ1) is 10.8. The van der Waals surface area contributed by atoms with Crippen LogP contribution in [-0.4, -0.2) is 24.3 Å². The van der Waals surface area contributed by atoms with Gasteiger partial charge in [0.1, 0.15) is 0 Å². The molecule has 1 spiro atoms. The predicted octanol–water partition coefficient (Wildman–Crippen LogP) is 3.79. The molecule has 23 heavy (non-hydrogen) atoms. The monoisotopic (exact) mass is 320 g/mol. The summed E-state index contributed by atoms with van der Waals surface area (Å²) in [6, 6.07) is 0. The molecule has 6 atom stereocenters. The maximum atomic E-state index is 12.2. The Morgan fingerprint density at radius 3 is 2.61 bits per heavy atom. The van der Waals surface area contributed by atoms with Crippen LogP contribution in [0.25, 0.3) is 0 Å². The molecule has 1 aliphatic heterocycles. The molecule has 3 aliphatic carbocycles. The molecule has 0 unspecified atom stereocenters. The van der Waals surface area contributed by atoms with E-state index >= 15 is 0 Å². The molecule has 1 N–H and O–H groups in total. The van der Waals surface area contributed by atoms with Crippen molar-refractivity contribution in [2.45, 2.75) is 65.7 Å². The molecular formula is C20H32O3. The Morgan fingerprint density at radius 1 is 1.09 bits per heavy atom. The molecule has 3 nitrogen and oxygen atoms in total. The fraction of sp³-hybridized carbons (Fsp3) is 0.950. The lowest BCUT2D eigenvalue weighted by molar-refractivity contribution is -0.235. The highest BCUT2D eigenvalue weighted by atomic mass is 16.5. The van der Waals surface area contributed by atoms with Gasteiger partial charge in [0.2, 0.25) is 0 Å². The van der Waals surface area contributed by atoms with E-state index in [0.717, 1.165) is 25.2 Å². The average Bonchev–Trinajstić information content (AvgIpc) is 2.49. The summed E-state index contributed by atoms with van der Waals surface area (Å²) in [5.41, 5.74) is 0.817. The first-order valence-electron chi connectivity index (χ1n) is 9.63. The van der Waals surface area contributed by atoms with Gasteiger partial charge in [0.05, 0.1) is 12.5 Å². The van der Waals surface area contributed by atoms with E-state index in [0.29, 0.717) is 23.4 Å². The third kappa shape index (κ3) is 1.95. The van der Waals surface area contributed by atoms with E-state index in [9.17, 15) is 9.90 Å². The summed E-state index contributed by atoms with van der Waals surface area (Å²) >= 11 is 0. The summed E-state index contributed by atoms with van der Waals surface area (Å²) in [5.74, 6) is 1.40. The van der Waals surface area contributed by atoms with Crippen LogP contribution < -0.4 is 0 Å². The summed E-state index contributed by atoms with van der Waals surface area (Å²) in [6.45, 7) is 8.16. The van der Waals surface area contributed by atoms with Gasteiger partial charge >= 0.3 is 5.97 Å². The Bertz CT molecular complexity index is 513. The molecule has 1 heterocycles. The molecular weight excluding hydrogens is 288 g/mol. The Kier molecular flexibility index (Phi) is 3.44. The van der Waals surface area contributed by atoms with Gasteiger partial charge < -0.3 is 9.84 Å². The molecule has 0 aromatic carbocycles. The largest absolute Gasteiger partial charge is 0.465 e. The fourth-order valence-corrected chi connectivity index (χ4v) is 7.74. The average molecular weight is 320 g/mol. The van der Waals surface area contributed by atoms with Crippen LogP contribution >= 0.6 is 0 Å². The maximum absolute atomic E-state index is 12.2. The van der Waals surface area contributed by atoms with Crippen molar-refractivity contribution in [1.29, 1.82) is 0 Å². The SMILES string of the molecule is CC1(C)CCC[C@]2(C)[C@H]3CC[C@H]4C(=O)OC[C@]3(CC[C@@H]12)[C@@H]4CO. The highest BCUT2D eigenvalue weighted by molar-refractivity contribution is 5.74. The summed E-state index contributed by atoms with van der Waals surface area (Å²) in [4.78, 5) is 12.2. The summed E-state index contributed by atoms with van der Waals surface area (Å²) in [7, 11) is 0. The molecule has 4 fully saturated rings. The molecule has 3 heteroatoms. The van der Waals surface area contributed by atoms with E-state index in [4.69, 9.17) is 4.74 Å². The number of cyclic esters (lactones) is 1. The quantitative estimate of drug-likeness (QED) is 0.748. The number of fused-ring (bicyclic) bond motifs is 3. The highest BCUT2D eigenvalue weighted by Gasteiger charge is 2.66. The fourth-order valence-electron chi connectivity index (χ4n) is 7.74. The maximum Gasteiger partial charge on any atom is 0.309 e. The first-order valence-corrected chi connectivity index (χ1v) is 9.63. The Labute approximate surface area is 140 Å². The van der Waals surface area contributed by atoms with E-state index in [1.807, 2.05) is 0 Å². The minimum Gasteiger partial charge on any atom is -0.465 e. The van der Waals surface area contributed by atoms with Gasteiger partial charge in [-0.2, -0.15) is 0 Å². The Balaban J connectivity index is 1.76. The lowest BCUT2D eigenvalue weighted by Crippen LogP contribution is -2.65. The lowest BCUT2D eigenvalue weighted by atomic mass is 9.38. The number of ether oxygens (including phenoxy) is 1. The van der Waals surface area contributed by atoms with Crippen molar-refractivity contribution in [1.82, 2.24) is 0 Å². The van der Waals surface area contributed by atoms with Crippen LogP contribution in [0.3, 0.4) is 0 Å². The number of aliphatic hydroxyl groups is 1. The van der Waals surface area contributed by atoms with Crippen molar-refractivity contribution in [3.63, 3.8) is 0 Å². The molecule has 2 bridgehead atoms. The van der Waals surface area contributed by atoms with Crippen LogP contribution in [0.4, 0.5) is 0 Å². The number of hydrogen-bond donors (Lipinski definition) is 1. The second-order valence-electron chi connectivity index (χ2n) is 9.81. The normalized spacial score (nSPS) is 51.4. The lowest BCUT2D eigenvalue weighted by Gasteiger charge is -2.67. The third-order valence-corrected chi connectivity index (χ3v) is 8.64. The number of hydrogen-bond acceptors (Lipinski definition) is 3. The third-order valence-electron chi connectivity index (χ3n) is 8.64. The van der Waals surface area contributed by atoms with Crippen molar-refractivity contribution in [2.24, 2.45) is 39.9 Å². The summed E-state index contributed by atoms with van der Waals surface area (Å²) in [5, 5.41) is 10.1. The molecule has 0 amide bonds. The van der Waals surface area contributed by atoms with Gasteiger partial charge in [0, 0.05) is 17.9 Å². The summed E-state index contributed by atoms with van der Waals surface area (Å²) in [6.07, 6.45) is 8.41. The van der Waals surface area contributed by atoms with E-state index in [1.165, 1.54) is 25.7 Å². The molecule has 3 saturated carbocycles. The van der Waals surface area contributed by atoms with Gasteiger partial charge in [0.15, 0.2) is 0 Å². The number of carbonyl (C=O) groups excluding carboxylic acids is 1. The Morgan fingerprint density at radius 2 is 1.87 bits per heavy atom. The standard InChI is InChI=1S/C20H32O3/c1-18(2)8-4-9-19(3)15(18)7-10-20-12-23-17(22)13(14(20)11-21)5-6-16(19)20/h13-16,21H,4-12H2,1-3H3/t13-,14-,15+,16-,19+,20-/m1/s1. The van der Waals surface area contributed by atoms with Crippen LogP contribution in [0.15, 0.2) is 0 Å². The Hall–Kier alpha value is -0.570. The smallest absolute Gasteiger partial charge is 0.309 e. The van der Waals surface area contributed by atoms with Gasteiger partial charge in [-0.05, 0) is 61.2 Å². The highest BCUT2D eigenvalue weighted by Crippen LogP contribution is 2.70. The van der Waals surface area contributed by atoms with Crippen LogP contribution in [0.1, 0.15) is 65.7 Å². The van der Waals surface area contributed by atoms with E-state index in [2.05, 4.69) is 20.8 Å². The van der Waals surface area contributed by atoms with Crippen LogP contribution in [-0.2, 0) is 9.53 Å².